The minimum atomic E-state index is -0.631. The zero-order valence-corrected chi connectivity index (χ0v) is 14.3. The highest BCUT2D eigenvalue weighted by Crippen LogP contribution is 2.30. The molecule has 6 heteroatoms. The number of carbonyl (C=O) groups is 1. The number of esters is 1. The number of fused-ring (bicyclic) bond motifs is 1. The van der Waals surface area contributed by atoms with Crippen LogP contribution in [0.5, 0.6) is 11.5 Å². The Bertz CT molecular complexity index is 1150. The lowest BCUT2D eigenvalue weighted by Crippen LogP contribution is -2.07. The molecule has 0 N–H and O–H groups in total. The van der Waals surface area contributed by atoms with Crippen molar-refractivity contribution in [1.82, 2.24) is 0 Å². The Balaban J connectivity index is 1.74. The molecule has 0 atom stereocenters. The van der Waals surface area contributed by atoms with Gasteiger partial charge in [-0.1, -0.05) is 12.1 Å². The van der Waals surface area contributed by atoms with Gasteiger partial charge in [-0.25, -0.2) is 9.59 Å². The molecule has 0 amide bonds. The second-order valence-electron chi connectivity index (χ2n) is 5.73. The SMILES string of the molecule is COc1ccc(-c2cc(=O)oc3cc(OC(=O)c4ccco4)ccc23)cc1. The van der Waals surface area contributed by atoms with Gasteiger partial charge in [0, 0.05) is 17.5 Å². The van der Waals surface area contributed by atoms with Crippen LogP contribution in [0.1, 0.15) is 10.6 Å². The number of hydrogen-bond acceptors (Lipinski definition) is 6. The van der Waals surface area contributed by atoms with Crippen LogP contribution in [0.15, 0.2) is 80.6 Å². The molecule has 0 saturated carbocycles. The smallest absolute Gasteiger partial charge is 0.379 e. The number of rotatable bonds is 4. The summed E-state index contributed by atoms with van der Waals surface area (Å²) in [4.78, 5) is 24.0. The molecule has 0 aliphatic carbocycles. The maximum Gasteiger partial charge on any atom is 0.379 e. The van der Waals surface area contributed by atoms with E-state index in [9.17, 15) is 9.59 Å². The Hall–Kier alpha value is -3.80. The largest absolute Gasteiger partial charge is 0.497 e. The molecule has 0 aliphatic heterocycles. The van der Waals surface area contributed by atoms with Crippen LogP contribution in [0.2, 0.25) is 0 Å². The molecule has 2 aromatic carbocycles. The Morgan fingerprint density at radius 2 is 1.74 bits per heavy atom. The minimum Gasteiger partial charge on any atom is -0.497 e. The first-order valence-electron chi connectivity index (χ1n) is 8.12. The molecule has 6 nitrogen and oxygen atoms in total. The van der Waals surface area contributed by atoms with Crippen molar-refractivity contribution in [2.45, 2.75) is 0 Å². The fourth-order valence-electron chi connectivity index (χ4n) is 2.77. The van der Waals surface area contributed by atoms with Crippen LogP contribution in [-0.4, -0.2) is 13.1 Å². The first kappa shape index (κ1) is 16.7. The van der Waals surface area contributed by atoms with Crippen molar-refractivity contribution >= 4 is 16.9 Å². The molecular weight excluding hydrogens is 348 g/mol. The first-order valence-corrected chi connectivity index (χ1v) is 8.12. The van der Waals surface area contributed by atoms with Gasteiger partial charge in [-0.2, -0.15) is 0 Å². The molecule has 134 valence electrons. The van der Waals surface area contributed by atoms with Gasteiger partial charge in [0.1, 0.15) is 17.1 Å². The molecule has 0 fully saturated rings. The first-order chi connectivity index (χ1) is 13.1. The molecular formula is C21H14O6. The second kappa shape index (κ2) is 6.84. The van der Waals surface area contributed by atoms with Crippen LogP contribution in [0.3, 0.4) is 0 Å². The van der Waals surface area contributed by atoms with Gasteiger partial charge in [0.25, 0.3) is 0 Å². The summed E-state index contributed by atoms with van der Waals surface area (Å²) in [5, 5.41) is 0.720. The number of hydrogen-bond donors (Lipinski definition) is 0. The summed E-state index contributed by atoms with van der Waals surface area (Å²) in [6.45, 7) is 0. The highest BCUT2D eigenvalue weighted by atomic mass is 16.5. The van der Waals surface area contributed by atoms with E-state index in [1.165, 1.54) is 24.5 Å². The number of benzene rings is 2. The standard InChI is InChI=1S/C21H14O6/c1-24-14-6-4-13(5-7-14)17-12-20(22)27-19-11-15(8-9-16(17)19)26-21(23)18-3-2-10-25-18/h2-12H,1H3. The van der Waals surface area contributed by atoms with E-state index in [2.05, 4.69) is 0 Å². The maximum atomic E-state index is 12.0. The van der Waals surface area contributed by atoms with Crippen molar-refractivity contribution < 1.29 is 23.1 Å². The zero-order valence-electron chi connectivity index (χ0n) is 14.3. The van der Waals surface area contributed by atoms with Crippen LogP contribution in [0.4, 0.5) is 0 Å². The van der Waals surface area contributed by atoms with E-state index >= 15 is 0 Å². The third-order valence-corrected chi connectivity index (χ3v) is 4.05. The minimum absolute atomic E-state index is 0.0866. The van der Waals surface area contributed by atoms with Crippen molar-refractivity contribution in [2.24, 2.45) is 0 Å². The fourth-order valence-corrected chi connectivity index (χ4v) is 2.77. The number of carbonyl (C=O) groups excluding carboxylic acids is 1. The lowest BCUT2D eigenvalue weighted by molar-refractivity contribution is 0.0701. The Kier molecular flexibility index (Phi) is 4.22. The van der Waals surface area contributed by atoms with Gasteiger partial charge in [-0.3, -0.25) is 0 Å². The Labute approximate surface area is 153 Å². The van der Waals surface area contributed by atoms with Crippen LogP contribution in [0, 0.1) is 0 Å². The van der Waals surface area contributed by atoms with E-state index in [1.54, 1.807) is 25.3 Å². The van der Waals surface area contributed by atoms with E-state index < -0.39 is 11.6 Å². The van der Waals surface area contributed by atoms with E-state index in [0.717, 1.165) is 16.7 Å². The average molecular weight is 362 g/mol. The molecule has 0 saturated heterocycles. The maximum absolute atomic E-state index is 12.0. The monoisotopic (exact) mass is 362 g/mol. The van der Waals surface area contributed by atoms with Crippen molar-refractivity contribution in [3.05, 3.63) is 83.1 Å². The van der Waals surface area contributed by atoms with Crippen molar-refractivity contribution in [3.63, 3.8) is 0 Å². The lowest BCUT2D eigenvalue weighted by atomic mass is 10.0. The summed E-state index contributed by atoms with van der Waals surface area (Å²) in [5.74, 6) is 0.425. The van der Waals surface area contributed by atoms with Crippen LogP contribution in [0.25, 0.3) is 22.1 Å². The number of furan rings is 1. The number of ether oxygens (including phenoxy) is 2. The zero-order chi connectivity index (χ0) is 18.8. The predicted molar refractivity (Wildman–Crippen MR) is 98.1 cm³/mol. The molecule has 2 aromatic heterocycles. The topological polar surface area (TPSA) is 78.9 Å². The van der Waals surface area contributed by atoms with Gasteiger partial charge in [-0.05, 0) is 47.5 Å². The highest BCUT2D eigenvalue weighted by molar-refractivity contribution is 5.94. The van der Waals surface area contributed by atoms with E-state index in [0.29, 0.717) is 11.1 Å². The third kappa shape index (κ3) is 3.32. The van der Waals surface area contributed by atoms with Gasteiger partial charge < -0.3 is 18.3 Å². The number of methoxy groups -OCH3 is 1. The molecule has 0 spiro atoms. The highest BCUT2D eigenvalue weighted by Gasteiger charge is 2.14. The van der Waals surface area contributed by atoms with Gasteiger partial charge in [0.15, 0.2) is 0 Å². The summed E-state index contributed by atoms with van der Waals surface area (Å²) in [6, 6.07) is 16.8. The third-order valence-electron chi connectivity index (χ3n) is 4.05. The average Bonchev–Trinajstić information content (AvgIpc) is 3.22. The molecule has 4 aromatic rings. The second-order valence-corrected chi connectivity index (χ2v) is 5.73. The van der Waals surface area contributed by atoms with Gasteiger partial charge in [0.05, 0.1) is 13.4 Å². The summed E-state index contributed by atoms with van der Waals surface area (Å²) in [7, 11) is 1.59. The summed E-state index contributed by atoms with van der Waals surface area (Å²) >= 11 is 0. The molecule has 0 bridgehead atoms. The molecule has 2 heterocycles. The van der Waals surface area contributed by atoms with Crippen molar-refractivity contribution in [3.8, 4) is 22.6 Å². The molecule has 0 radical (unpaired) electrons. The van der Waals surface area contributed by atoms with Gasteiger partial charge in [0.2, 0.25) is 5.76 Å². The van der Waals surface area contributed by atoms with Crippen molar-refractivity contribution in [1.29, 1.82) is 0 Å². The molecule has 4 rings (SSSR count). The summed E-state index contributed by atoms with van der Waals surface area (Å²) < 4.78 is 20.7. The summed E-state index contributed by atoms with van der Waals surface area (Å²) in [5.41, 5.74) is 1.38. The van der Waals surface area contributed by atoms with Gasteiger partial charge >= 0.3 is 11.6 Å². The van der Waals surface area contributed by atoms with Crippen molar-refractivity contribution in [2.75, 3.05) is 7.11 Å². The lowest BCUT2D eigenvalue weighted by Gasteiger charge is -2.08. The van der Waals surface area contributed by atoms with Gasteiger partial charge in [-0.15, -0.1) is 0 Å². The summed E-state index contributed by atoms with van der Waals surface area (Å²) in [6.07, 6.45) is 1.39. The van der Waals surface area contributed by atoms with Crippen LogP contribution < -0.4 is 15.1 Å². The Morgan fingerprint density at radius 3 is 2.44 bits per heavy atom. The van der Waals surface area contributed by atoms with E-state index in [1.807, 2.05) is 24.3 Å². The molecule has 0 unspecified atom stereocenters. The predicted octanol–water partition coefficient (Wildman–Crippen LogP) is 4.28. The quantitative estimate of drug-likeness (QED) is 0.306. The van der Waals surface area contributed by atoms with E-state index in [4.69, 9.17) is 18.3 Å². The molecule has 0 aliphatic rings. The van der Waals surface area contributed by atoms with Crippen LogP contribution in [-0.2, 0) is 0 Å². The normalized spacial score (nSPS) is 10.7. The van der Waals surface area contributed by atoms with E-state index in [-0.39, 0.29) is 11.5 Å². The molecule has 27 heavy (non-hydrogen) atoms. The Morgan fingerprint density at radius 1 is 0.963 bits per heavy atom. The van der Waals surface area contributed by atoms with Crippen LogP contribution >= 0.6 is 0 Å². The fraction of sp³-hybridized carbons (Fsp3) is 0.0476.